The number of nitrogens with zero attached hydrogens (tertiary/aromatic N) is 3. The van der Waals surface area contributed by atoms with Crippen LogP contribution in [0.1, 0.15) is 26.5 Å². The van der Waals surface area contributed by atoms with Crippen molar-refractivity contribution in [1.29, 1.82) is 0 Å². The number of hydrogen-bond donors (Lipinski definition) is 1. The molecule has 0 unspecified atom stereocenters. The molecule has 1 fully saturated rings. The summed E-state index contributed by atoms with van der Waals surface area (Å²) in [7, 11) is 0. The van der Waals surface area contributed by atoms with Crippen molar-refractivity contribution < 1.29 is 23.2 Å². The third-order valence-electron chi connectivity index (χ3n) is 6.18. The van der Waals surface area contributed by atoms with Crippen molar-refractivity contribution in [2.75, 3.05) is 4.90 Å². The number of anilines is 1. The molecule has 3 amide bonds. The molecule has 5 aromatic rings. The Hall–Kier alpha value is -4.52. The summed E-state index contributed by atoms with van der Waals surface area (Å²) >= 11 is 3.91. The minimum atomic E-state index is -0.360. The number of thiazole rings is 1. The maximum absolute atomic E-state index is 13.1. The molecule has 0 aliphatic carbocycles. The average Bonchev–Trinajstić information content (AvgIpc) is 3.72. The van der Waals surface area contributed by atoms with E-state index in [4.69, 9.17) is 4.42 Å². The third kappa shape index (κ3) is 4.86. The average molecular weight is 599 g/mol. The van der Waals surface area contributed by atoms with Gasteiger partial charge in [0.1, 0.15) is 11.6 Å². The van der Waals surface area contributed by atoms with E-state index in [0.717, 1.165) is 26.3 Å². The molecule has 3 aromatic carbocycles. The van der Waals surface area contributed by atoms with Crippen LogP contribution in [0.2, 0.25) is 0 Å². The SMILES string of the molecule is O=C1NC(=Nc2ccc(F)cc2)S/C1=C\c1ccc(Sc2nc3ccc(N4C(=O)c5ccccc5C4=O)cc3s2)o1. The zero-order valence-electron chi connectivity index (χ0n) is 20.7. The summed E-state index contributed by atoms with van der Waals surface area (Å²) in [5, 5.41) is 3.67. The van der Waals surface area contributed by atoms with Crippen molar-refractivity contribution >= 4 is 85.4 Å². The molecule has 1 saturated heterocycles. The first-order chi connectivity index (χ1) is 19.9. The Bertz CT molecular complexity index is 1930. The Morgan fingerprint density at radius 3 is 2.46 bits per heavy atom. The fourth-order valence-electron chi connectivity index (χ4n) is 4.29. The number of rotatable bonds is 5. The fourth-order valence-corrected chi connectivity index (χ4v) is 7.12. The van der Waals surface area contributed by atoms with Crippen LogP contribution in [0, 0.1) is 5.82 Å². The molecule has 41 heavy (non-hydrogen) atoms. The van der Waals surface area contributed by atoms with Crippen molar-refractivity contribution in [2.45, 2.75) is 9.43 Å². The molecular weight excluding hydrogens is 584 g/mol. The standard InChI is InChI=1S/C29H15FN4O4S3/c30-15-5-7-16(8-6-15)31-28-33-25(35)23(39-28)14-18-10-12-24(38-18)41-29-32-21-11-9-17(13-22(21)40-29)34-26(36)19-3-1-2-4-20(19)27(34)37/h1-14H,(H,31,33,35)/b23-14-. The first kappa shape index (κ1) is 25.4. The fraction of sp³-hybridized carbons (Fsp3) is 0. The lowest BCUT2D eigenvalue weighted by molar-refractivity contribution is -0.115. The van der Waals surface area contributed by atoms with E-state index in [-0.39, 0.29) is 23.5 Å². The van der Waals surface area contributed by atoms with Gasteiger partial charge in [-0.3, -0.25) is 14.4 Å². The molecule has 1 N–H and O–H groups in total. The normalized spacial score (nSPS) is 16.8. The second-order valence-corrected chi connectivity index (χ2v) is 12.2. The molecule has 7 rings (SSSR count). The Kier molecular flexibility index (Phi) is 6.30. The smallest absolute Gasteiger partial charge is 0.266 e. The highest BCUT2D eigenvalue weighted by atomic mass is 32.2. The van der Waals surface area contributed by atoms with Crippen LogP contribution in [0.3, 0.4) is 0 Å². The lowest BCUT2D eigenvalue weighted by Gasteiger charge is -2.13. The zero-order valence-corrected chi connectivity index (χ0v) is 23.1. The third-order valence-corrected chi connectivity index (χ3v) is 9.09. The van der Waals surface area contributed by atoms with E-state index in [1.807, 2.05) is 0 Å². The first-order valence-electron chi connectivity index (χ1n) is 12.1. The lowest BCUT2D eigenvalue weighted by atomic mass is 10.1. The van der Waals surface area contributed by atoms with E-state index < -0.39 is 0 Å². The summed E-state index contributed by atoms with van der Waals surface area (Å²) in [4.78, 5) is 48.7. The highest BCUT2D eigenvalue weighted by molar-refractivity contribution is 8.18. The van der Waals surface area contributed by atoms with Crippen molar-refractivity contribution in [2.24, 2.45) is 4.99 Å². The highest BCUT2D eigenvalue weighted by Gasteiger charge is 2.36. The summed E-state index contributed by atoms with van der Waals surface area (Å²) in [5.74, 6) is -0.863. The number of nitrogens with one attached hydrogen (secondary N) is 1. The van der Waals surface area contributed by atoms with Gasteiger partial charge in [-0.25, -0.2) is 19.3 Å². The van der Waals surface area contributed by atoms with E-state index >= 15 is 0 Å². The number of amides is 3. The van der Waals surface area contributed by atoms with Crippen LogP contribution in [-0.4, -0.2) is 27.9 Å². The number of amidine groups is 1. The van der Waals surface area contributed by atoms with E-state index in [1.165, 1.54) is 52.3 Å². The Labute approximate surface area is 244 Å². The van der Waals surface area contributed by atoms with Crippen LogP contribution in [0.5, 0.6) is 0 Å². The molecule has 12 heteroatoms. The topological polar surface area (TPSA) is 105 Å². The second-order valence-electron chi connectivity index (χ2n) is 8.84. The van der Waals surface area contributed by atoms with Gasteiger partial charge in [-0.15, -0.1) is 11.3 Å². The minimum absolute atomic E-state index is 0.304. The summed E-state index contributed by atoms with van der Waals surface area (Å²) in [5.41, 5.74) is 2.54. The molecular formula is C29H15FN4O4S3. The number of halogens is 1. The zero-order chi connectivity index (χ0) is 28.1. The van der Waals surface area contributed by atoms with Gasteiger partial charge in [0.2, 0.25) is 0 Å². The number of aliphatic imine (C=N–C) groups is 1. The molecule has 200 valence electrons. The molecule has 4 heterocycles. The monoisotopic (exact) mass is 598 g/mol. The van der Waals surface area contributed by atoms with Gasteiger partial charge in [0.05, 0.1) is 37.6 Å². The van der Waals surface area contributed by atoms with Crippen LogP contribution in [0.4, 0.5) is 15.8 Å². The maximum atomic E-state index is 13.1. The Morgan fingerprint density at radius 2 is 1.71 bits per heavy atom. The first-order valence-corrected chi connectivity index (χ1v) is 14.6. The predicted molar refractivity (Wildman–Crippen MR) is 157 cm³/mol. The lowest BCUT2D eigenvalue weighted by Crippen LogP contribution is -2.29. The molecule has 0 bridgehead atoms. The minimum Gasteiger partial charge on any atom is -0.450 e. The molecule has 0 radical (unpaired) electrons. The van der Waals surface area contributed by atoms with Crippen molar-refractivity contribution in [3.8, 4) is 0 Å². The van der Waals surface area contributed by atoms with Crippen LogP contribution >= 0.6 is 34.9 Å². The largest absolute Gasteiger partial charge is 0.450 e. The highest BCUT2D eigenvalue weighted by Crippen LogP contribution is 2.38. The van der Waals surface area contributed by atoms with Crippen LogP contribution in [0.15, 0.2) is 103 Å². The number of aromatic nitrogens is 1. The number of furan rings is 1. The maximum Gasteiger partial charge on any atom is 0.266 e. The molecule has 8 nitrogen and oxygen atoms in total. The summed E-state index contributed by atoms with van der Waals surface area (Å²) < 4.78 is 20.6. The van der Waals surface area contributed by atoms with E-state index in [9.17, 15) is 18.8 Å². The Morgan fingerprint density at radius 1 is 0.951 bits per heavy atom. The molecule has 0 spiro atoms. The van der Waals surface area contributed by atoms with E-state index in [0.29, 0.717) is 43.4 Å². The molecule has 2 aliphatic heterocycles. The summed E-state index contributed by atoms with van der Waals surface area (Å²) in [6.07, 6.45) is 1.63. The van der Waals surface area contributed by atoms with Gasteiger partial charge < -0.3 is 9.73 Å². The van der Waals surface area contributed by atoms with Crippen molar-refractivity contribution in [3.63, 3.8) is 0 Å². The van der Waals surface area contributed by atoms with Gasteiger partial charge in [0.15, 0.2) is 14.6 Å². The Balaban J connectivity index is 1.07. The molecule has 2 aliphatic rings. The number of benzene rings is 3. The van der Waals surface area contributed by atoms with Gasteiger partial charge in [-0.2, -0.15) is 0 Å². The van der Waals surface area contributed by atoms with Gasteiger partial charge >= 0.3 is 0 Å². The predicted octanol–water partition coefficient (Wildman–Crippen LogP) is 6.87. The summed E-state index contributed by atoms with van der Waals surface area (Å²) in [6.45, 7) is 0. The molecule has 0 atom stereocenters. The number of thioether (sulfide) groups is 1. The number of hydrogen-bond acceptors (Lipinski definition) is 9. The van der Waals surface area contributed by atoms with E-state index in [1.54, 1.807) is 60.7 Å². The van der Waals surface area contributed by atoms with Crippen molar-refractivity contribution in [1.82, 2.24) is 10.3 Å². The summed E-state index contributed by atoms with van der Waals surface area (Å²) in [6, 6.07) is 21.3. The van der Waals surface area contributed by atoms with E-state index in [2.05, 4.69) is 15.3 Å². The van der Waals surface area contributed by atoms with Gasteiger partial charge in [0, 0.05) is 6.08 Å². The van der Waals surface area contributed by atoms with Gasteiger partial charge in [-0.1, -0.05) is 12.1 Å². The molecule has 0 saturated carbocycles. The number of imide groups is 1. The van der Waals surface area contributed by atoms with Gasteiger partial charge in [0.25, 0.3) is 17.7 Å². The van der Waals surface area contributed by atoms with Crippen molar-refractivity contribution in [3.05, 3.63) is 106 Å². The van der Waals surface area contributed by atoms with Crippen LogP contribution < -0.4 is 10.2 Å². The van der Waals surface area contributed by atoms with Crippen LogP contribution in [0.25, 0.3) is 16.3 Å². The molecule has 2 aromatic heterocycles. The quantitative estimate of drug-likeness (QED) is 0.174. The number of carbonyl (C=O) groups excluding carboxylic acids is 3. The van der Waals surface area contributed by atoms with Gasteiger partial charge in [-0.05, 0) is 90.3 Å². The van der Waals surface area contributed by atoms with Crippen LogP contribution in [-0.2, 0) is 4.79 Å². The number of fused-ring (bicyclic) bond motifs is 2. The number of carbonyl (C=O) groups is 3. The second kappa shape index (κ2) is 10.1.